The average molecular weight is 315 g/mol. The Bertz CT molecular complexity index is 554. The maximum absolute atomic E-state index is 12.2. The zero-order valence-corrected chi connectivity index (χ0v) is 13.3. The lowest BCUT2D eigenvalue weighted by molar-refractivity contribution is -0.121. The molecule has 23 heavy (non-hydrogen) atoms. The molecular weight excluding hydrogens is 293 g/mol. The molecule has 1 aromatic rings. The van der Waals surface area contributed by atoms with Gasteiger partial charge in [0.2, 0.25) is 0 Å². The highest BCUT2D eigenvalue weighted by molar-refractivity contribution is 6.68. The van der Waals surface area contributed by atoms with Crippen LogP contribution in [0, 0.1) is 18.8 Å². The van der Waals surface area contributed by atoms with Crippen LogP contribution in [-0.4, -0.2) is 37.7 Å². The Morgan fingerprint density at radius 1 is 1.26 bits per heavy atom. The number of nitrogens with zero attached hydrogens (tertiary/aromatic N) is 1. The van der Waals surface area contributed by atoms with E-state index in [0.717, 1.165) is 24.1 Å². The van der Waals surface area contributed by atoms with Crippen LogP contribution in [0.4, 0.5) is 4.79 Å². The Morgan fingerprint density at radius 2 is 1.91 bits per heavy atom. The standard InChI is InChI=1S/C16H22BN3O3/c1-12-5-7-15(8-6-12)17(23-11-21)18-16(22)19-20-9-13-3-2-4-14(13)10-20/h5-8,11,13-14H,2-4,9-10H2,1H3,(H2,18,19,22). The molecule has 2 fully saturated rings. The van der Waals surface area contributed by atoms with Gasteiger partial charge in [-0.1, -0.05) is 36.2 Å². The van der Waals surface area contributed by atoms with E-state index in [1.807, 2.05) is 36.2 Å². The summed E-state index contributed by atoms with van der Waals surface area (Å²) in [6, 6.07) is 7.15. The van der Waals surface area contributed by atoms with Gasteiger partial charge in [-0.15, -0.1) is 0 Å². The van der Waals surface area contributed by atoms with E-state index in [2.05, 4.69) is 10.7 Å². The van der Waals surface area contributed by atoms with Gasteiger partial charge in [0.05, 0.1) is 0 Å². The van der Waals surface area contributed by atoms with Gasteiger partial charge in [-0.3, -0.25) is 10.2 Å². The van der Waals surface area contributed by atoms with Crippen molar-refractivity contribution in [1.82, 2.24) is 15.7 Å². The minimum atomic E-state index is -0.782. The van der Waals surface area contributed by atoms with Gasteiger partial charge in [-0.2, -0.15) is 0 Å². The second-order valence-electron chi connectivity index (χ2n) is 6.46. The van der Waals surface area contributed by atoms with Crippen LogP contribution < -0.4 is 16.1 Å². The first kappa shape index (κ1) is 15.9. The number of benzene rings is 1. The van der Waals surface area contributed by atoms with E-state index >= 15 is 0 Å². The number of urea groups is 1. The number of nitrogens with one attached hydrogen (secondary N) is 2. The highest BCUT2D eigenvalue weighted by Crippen LogP contribution is 2.36. The molecule has 1 saturated heterocycles. The van der Waals surface area contributed by atoms with E-state index in [0.29, 0.717) is 18.3 Å². The molecule has 3 rings (SSSR count). The summed E-state index contributed by atoms with van der Waals surface area (Å²) in [5.41, 5.74) is 4.70. The van der Waals surface area contributed by atoms with Crippen molar-refractivity contribution < 1.29 is 14.2 Å². The summed E-state index contributed by atoms with van der Waals surface area (Å²) in [7, 11) is -0.782. The molecule has 2 N–H and O–H groups in total. The van der Waals surface area contributed by atoms with E-state index in [1.54, 1.807) is 0 Å². The third-order valence-corrected chi connectivity index (χ3v) is 4.82. The van der Waals surface area contributed by atoms with Crippen molar-refractivity contribution in [1.29, 1.82) is 0 Å². The van der Waals surface area contributed by atoms with Crippen LogP contribution >= 0.6 is 0 Å². The lowest BCUT2D eigenvalue weighted by Crippen LogP contribution is -2.56. The van der Waals surface area contributed by atoms with Gasteiger partial charge < -0.3 is 9.88 Å². The summed E-state index contributed by atoms with van der Waals surface area (Å²) in [6.07, 6.45) is 3.81. The highest BCUT2D eigenvalue weighted by atomic mass is 16.5. The van der Waals surface area contributed by atoms with Crippen LogP contribution in [0.2, 0.25) is 0 Å². The van der Waals surface area contributed by atoms with Crippen LogP contribution in [0.5, 0.6) is 0 Å². The second kappa shape index (κ2) is 7.04. The first-order valence-electron chi connectivity index (χ1n) is 8.13. The van der Waals surface area contributed by atoms with Crippen molar-refractivity contribution in [2.75, 3.05) is 13.1 Å². The van der Waals surface area contributed by atoms with Gasteiger partial charge in [0.1, 0.15) is 0 Å². The second-order valence-corrected chi connectivity index (χ2v) is 6.46. The number of hydrogen-bond acceptors (Lipinski definition) is 4. The van der Waals surface area contributed by atoms with Crippen molar-refractivity contribution in [2.45, 2.75) is 26.2 Å². The van der Waals surface area contributed by atoms with Crippen LogP contribution in [0.3, 0.4) is 0 Å². The third kappa shape index (κ3) is 3.85. The van der Waals surface area contributed by atoms with Gasteiger partial charge in [0.15, 0.2) is 0 Å². The van der Waals surface area contributed by atoms with Crippen molar-refractivity contribution >= 4 is 25.0 Å². The quantitative estimate of drug-likeness (QED) is 0.623. The Balaban J connectivity index is 1.56. The zero-order chi connectivity index (χ0) is 16.2. The highest BCUT2D eigenvalue weighted by Gasteiger charge is 2.37. The number of fused-ring (bicyclic) bond motifs is 1. The van der Waals surface area contributed by atoms with Gasteiger partial charge in [0, 0.05) is 13.1 Å². The van der Waals surface area contributed by atoms with Crippen LogP contribution in [0.1, 0.15) is 24.8 Å². The van der Waals surface area contributed by atoms with Gasteiger partial charge in [0.25, 0.3) is 6.47 Å². The van der Waals surface area contributed by atoms with E-state index in [4.69, 9.17) is 4.65 Å². The summed E-state index contributed by atoms with van der Waals surface area (Å²) >= 11 is 0. The molecule has 1 aliphatic heterocycles. The largest absolute Gasteiger partial charge is 0.522 e. The lowest BCUT2D eigenvalue weighted by atomic mass is 9.73. The monoisotopic (exact) mass is 315 g/mol. The molecule has 0 bridgehead atoms. The molecule has 1 saturated carbocycles. The summed E-state index contributed by atoms with van der Waals surface area (Å²) in [6.45, 7) is 4.14. The SMILES string of the molecule is Cc1ccc(B(NC(=O)NN2CC3CCCC3C2)OC=O)cc1. The minimum Gasteiger partial charge on any atom is -0.513 e. The molecular formula is C16H22BN3O3. The Labute approximate surface area is 136 Å². The fourth-order valence-corrected chi connectivity index (χ4v) is 3.61. The predicted octanol–water partition coefficient (Wildman–Crippen LogP) is 0.809. The topological polar surface area (TPSA) is 70.7 Å². The smallest absolute Gasteiger partial charge is 0.513 e. The van der Waals surface area contributed by atoms with Crippen molar-refractivity contribution in [3.8, 4) is 0 Å². The molecule has 122 valence electrons. The normalized spacial score (nSPS) is 23.2. The molecule has 7 heteroatoms. The maximum Gasteiger partial charge on any atom is 0.522 e. The van der Waals surface area contributed by atoms with E-state index in [9.17, 15) is 9.59 Å². The number of carbonyl (C=O) groups is 2. The van der Waals surface area contributed by atoms with Crippen molar-refractivity contribution in [2.24, 2.45) is 11.8 Å². The van der Waals surface area contributed by atoms with E-state index in [1.165, 1.54) is 19.3 Å². The van der Waals surface area contributed by atoms with Crippen molar-refractivity contribution in [3.63, 3.8) is 0 Å². The molecule has 0 spiro atoms. The lowest BCUT2D eigenvalue weighted by Gasteiger charge is -2.20. The Kier molecular flexibility index (Phi) is 4.86. The first-order chi connectivity index (χ1) is 11.2. The summed E-state index contributed by atoms with van der Waals surface area (Å²) in [4.78, 5) is 22.9. The number of hydrazine groups is 1. The number of carbonyl (C=O) groups excluding carboxylic acids is 2. The predicted molar refractivity (Wildman–Crippen MR) is 87.8 cm³/mol. The van der Waals surface area contributed by atoms with E-state index < -0.39 is 7.05 Å². The minimum absolute atomic E-state index is 0.350. The van der Waals surface area contributed by atoms with Gasteiger partial charge in [-0.25, -0.2) is 9.80 Å². The molecule has 1 aliphatic carbocycles. The summed E-state index contributed by atoms with van der Waals surface area (Å²) < 4.78 is 5.01. The maximum atomic E-state index is 12.2. The molecule has 1 aromatic carbocycles. The van der Waals surface area contributed by atoms with Gasteiger partial charge in [-0.05, 0) is 37.1 Å². The molecule has 2 unspecified atom stereocenters. The molecule has 2 aliphatic rings. The van der Waals surface area contributed by atoms with E-state index in [-0.39, 0.29) is 6.03 Å². The molecule has 1 heterocycles. The fraction of sp³-hybridized carbons (Fsp3) is 0.500. The summed E-state index contributed by atoms with van der Waals surface area (Å²) in [5.74, 6) is 1.41. The van der Waals surface area contributed by atoms with Crippen LogP contribution in [0.25, 0.3) is 0 Å². The number of aryl methyl sites for hydroxylation is 1. The molecule has 2 amide bonds. The molecule has 6 nitrogen and oxygen atoms in total. The van der Waals surface area contributed by atoms with Crippen LogP contribution in [0.15, 0.2) is 24.3 Å². The molecule has 0 aromatic heterocycles. The Morgan fingerprint density at radius 3 is 2.52 bits per heavy atom. The average Bonchev–Trinajstić information content (AvgIpc) is 3.08. The molecule has 0 radical (unpaired) electrons. The number of amides is 2. The Hall–Kier alpha value is -2.02. The summed E-state index contributed by atoms with van der Waals surface area (Å²) in [5, 5.41) is 4.67. The zero-order valence-electron chi connectivity index (χ0n) is 13.3. The first-order valence-corrected chi connectivity index (χ1v) is 8.13. The fourth-order valence-electron chi connectivity index (χ4n) is 3.61. The molecule has 2 atom stereocenters. The number of hydrogen-bond donors (Lipinski definition) is 2. The van der Waals surface area contributed by atoms with Gasteiger partial charge >= 0.3 is 13.1 Å². The van der Waals surface area contributed by atoms with Crippen LogP contribution in [-0.2, 0) is 9.45 Å². The third-order valence-electron chi connectivity index (χ3n) is 4.82. The van der Waals surface area contributed by atoms with Crippen molar-refractivity contribution in [3.05, 3.63) is 29.8 Å². The number of rotatable bonds is 5.